The molecular formula is C38H39BrF2N2O7. The highest BCUT2D eigenvalue weighted by Gasteiger charge is 2.50. The molecule has 4 aromatic carbocycles. The third-order valence-corrected chi connectivity index (χ3v) is 8.54. The van der Waals surface area contributed by atoms with Crippen molar-refractivity contribution >= 4 is 34.4 Å². The molecule has 0 radical (unpaired) electrons. The van der Waals surface area contributed by atoms with Crippen molar-refractivity contribution in [3.05, 3.63) is 135 Å². The Morgan fingerprint density at radius 1 is 0.820 bits per heavy atom. The fourth-order valence-electron chi connectivity index (χ4n) is 5.18. The molecule has 0 bridgehead atoms. The molecule has 2 saturated heterocycles. The number of aldehydes is 1. The number of rotatable bonds is 5. The Balaban J connectivity index is 0.000000210. The quantitative estimate of drug-likeness (QED) is 0.199. The van der Waals surface area contributed by atoms with Crippen molar-refractivity contribution in [1.82, 2.24) is 9.80 Å². The van der Waals surface area contributed by atoms with Gasteiger partial charge in [0.05, 0.1) is 26.2 Å². The van der Waals surface area contributed by atoms with Crippen LogP contribution < -0.4 is 4.74 Å². The Kier molecular flexibility index (Phi) is 12.0. The lowest BCUT2D eigenvalue weighted by atomic mass is 9.86. The summed E-state index contributed by atoms with van der Waals surface area (Å²) in [5.41, 5.74) is 0.449. The first kappa shape index (κ1) is 38.0. The summed E-state index contributed by atoms with van der Waals surface area (Å²) >= 11 is 3.31. The molecule has 0 spiro atoms. The van der Waals surface area contributed by atoms with Gasteiger partial charge in [-0.15, -0.1) is 0 Å². The van der Waals surface area contributed by atoms with Crippen LogP contribution in [0.15, 0.2) is 102 Å². The van der Waals surface area contributed by atoms with Crippen LogP contribution in [0.4, 0.5) is 18.4 Å². The highest BCUT2D eigenvalue weighted by atomic mass is 79.9. The number of benzene rings is 4. The number of carbonyl (C=O) groups excluding carboxylic acids is 2. The van der Waals surface area contributed by atoms with Crippen LogP contribution in [0.5, 0.6) is 5.75 Å². The number of aryl methyl sites for hydroxylation is 1. The lowest BCUT2D eigenvalue weighted by molar-refractivity contribution is -0.0898. The van der Waals surface area contributed by atoms with Gasteiger partial charge in [-0.2, -0.15) is 0 Å². The van der Waals surface area contributed by atoms with E-state index in [2.05, 4.69) is 35.0 Å². The largest absolute Gasteiger partial charge is 0.479 e. The molecule has 9 nitrogen and oxygen atoms in total. The Bertz CT molecular complexity index is 1770. The van der Waals surface area contributed by atoms with Crippen molar-refractivity contribution in [2.45, 2.75) is 44.5 Å². The normalized spacial score (nSPS) is 15.4. The summed E-state index contributed by atoms with van der Waals surface area (Å²) in [7, 11) is 0. The van der Waals surface area contributed by atoms with Crippen molar-refractivity contribution < 1.29 is 42.9 Å². The van der Waals surface area contributed by atoms with Gasteiger partial charge in [0, 0.05) is 10.0 Å². The molecule has 0 atom stereocenters. The third kappa shape index (κ3) is 9.88. The van der Waals surface area contributed by atoms with Gasteiger partial charge in [-0.3, -0.25) is 9.69 Å². The second-order valence-corrected chi connectivity index (χ2v) is 13.9. The van der Waals surface area contributed by atoms with Crippen LogP contribution in [0.25, 0.3) is 0 Å². The van der Waals surface area contributed by atoms with E-state index in [9.17, 15) is 28.3 Å². The molecule has 6 rings (SSSR count). The lowest BCUT2D eigenvalue weighted by Gasteiger charge is -2.49. The predicted molar refractivity (Wildman–Crippen MR) is 187 cm³/mol. The molecule has 2 aliphatic heterocycles. The molecule has 50 heavy (non-hydrogen) atoms. The number of β-amino-alcohol motifs (C(OH)–C–C–N with tert-alkyl or cyclic N) is 1. The van der Waals surface area contributed by atoms with Crippen molar-refractivity contribution in [2.75, 3.05) is 26.2 Å². The van der Waals surface area contributed by atoms with Gasteiger partial charge in [0.2, 0.25) is 0 Å². The minimum Gasteiger partial charge on any atom is -0.479 e. The van der Waals surface area contributed by atoms with Gasteiger partial charge in [0.15, 0.2) is 11.9 Å². The molecule has 2 heterocycles. The van der Waals surface area contributed by atoms with Gasteiger partial charge < -0.3 is 24.6 Å². The molecule has 2 N–H and O–H groups in total. The Morgan fingerprint density at radius 2 is 1.36 bits per heavy atom. The minimum absolute atomic E-state index is 0.0357. The summed E-state index contributed by atoms with van der Waals surface area (Å²) in [5, 5.41) is 18.6. The zero-order chi connectivity index (χ0) is 36.7. The third-order valence-electron chi connectivity index (χ3n) is 7.82. The van der Waals surface area contributed by atoms with Gasteiger partial charge in [0.25, 0.3) is 0 Å². The summed E-state index contributed by atoms with van der Waals surface area (Å²) in [4.78, 5) is 36.7. The van der Waals surface area contributed by atoms with Crippen LogP contribution in [-0.4, -0.2) is 70.3 Å². The van der Waals surface area contributed by atoms with Crippen LogP contribution in [0, 0.1) is 18.6 Å². The number of carboxylic acid groups (broad SMARTS) is 1. The Labute approximate surface area is 298 Å². The van der Waals surface area contributed by atoms with Crippen LogP contribution in [0.1, 0.15) is 47.8 Å². The van der Waals surface area contributed by atoms with Gasteiger partial charge in [0.1, 0.15) is 28.6 Å². The first-order valence-electron chi connectivity index (χ1n) is 15.7. The maximum atomic E-state index is 13.4. The van der Waals surface area contributed by atoms with E-state index in [0.29, 0.717) is 21.3 Å². The van der Waals surface area contributed by atoms with E-state index in [-0.39, 0.29) is 37.8 Å². The van der Waals surface area contributed by atoms with Crippen molar-refractivity contribution in [3.8, 4) is 5.75 Å². The average molecular weight is 754 g/mol. The molecule has 0 aliphatic carbocycles. The van der Waals surface area contributed by atoms with Crippen molar-refractivity contribution in [1.29, 1.82) is 0 Å². The highest BCUT2D eigenvalue weighted by molar-refractivity contribution is 9.10. The number of hydrogen-bond acceptors (Lipinski definition) is 6. The molecule has 2 amide bonds. The monoisotopic (exact) mass is 752 g/mol. The number of hydrogen-bond donors (Lipinski definition) is 2. The Hall–Kier alpha value is -4.81. The fourth-order valence-corrected chi connectivity index (χ4v) is 5.52. The number of halogens is 3. The number of amides is 2. The molecule has 0 unspecified atom stereocenters. The second-order valence-electron chi connectivity index (χ2n) is 13.1. The van der Waals surface area contributed by atoms with Crippen LogP contribution in [0.3, 0.4) is 0 Å². The minimum atomic E-state index is -1.16. The number of ether oxygens (including phenoxy) is 2. The fraction of sp³-hybridized carbons (Fsp3) is 0.289. The first-order chi connectivity index (χ1) is 23.5. The van der Waals surface area contributed by atoms with Crippen LogP contribution >= 0.6 is 15.9 Å². The zero-order valence-corrected chi connectivity index (χ0v) is 29.7. The summed E-state index contributed by atoms with van der Waals surface area (Å²) in [6.07, 6.45) is -0.755. The lowest BCUT2D eigenvalue weighted by Crippen LogP contribution is -2.64. The van der Waals surface area contributed by atoms with Crippen LogP contribution in [-0.2, 0) is 15.9 Å². The van der Waals surface area contributed by atoms with E-state index < -0.39 is 29.0 Å². The SMILES string of the molecule is CC(C)(C)OC(=O)N1CC(Oc2ccc(Br)c(C=O)c2)(c2ccc(F)cc2)C1.Cc1ccccc1.O=C(O)N1CC(O)(c2ccc(F)cc2)C1. The standard InChI is InChI=1S/C21H21BrFNO4.C10H10FNO3.C7H8/c1-20(2,3)28-19(26)24-12-21(13-24,15-4-6-16(23)7-5-15)27-17-8-9-18(22)14(10-17)11-25;11-8-3-1-7(2-4-8)10(15)5-12(6-10)9(13)14;1-7-5-3-2-4-6-7/h4-11H,12-13H2,1-3H3;1-4,15H,5-6H2,(H,13,14);2-6H,1H3. The molecule has 0 aromatic heterocycles. The van der Waals surface area contributed by atoms with Crippen molar-refractivity contribution in [2.24, 2.45) is 0 Å². The zero-order valence-electron chi connectivity index (χ0n) is 28.1. The summed E-state index contributed by atoms with van der Waals surface area (Å²) in [6.45, 7) is 8.06. The summed E-state index contributed by atoms with van der Waals surface area (Å²) in [6, 6.07) is 26.8. The molecule has 2 aliphatic rings. The summed E-state index contributed by atoms with van der Waals surface area (Å²) in [5.74, 6) is -0.246. The van der Waals surface area contributed by atoms with E-state index in [4.69, 9.17) is 14.6 Å². The number of likely N-dealkylation sites (tertiary alicyclic amines) is 2. The van der Waals surface area contributed by atoms with Crippen molar-refractivity contribution in [3.63, 3.8) is 0 Å². The van der Waals surface area contributed by atoms with Gasteiger partial charge in [-0.25, -0.2) is 18.4 Å². The highest BCUT2D eigenvalue weighted by Crippen LogP contribution is 2.39. The second kappa shape index (κ2) is 15.8. The smallest absolute Gasteiger partial charge is 0.410 e. The molecule has 4 aromatic rings. The predicted octanol–water partition coefficient (Wildman–Crippen LogP) is 7.93. The maximum absolute atomic E-state index is 13.4. The molecule has 0 saturated carbocycles. The topological polar surface area (TPSA) is 117 Å². The van der Waals surface area contributed by atoms with E-state index in [1.165, 1.54) is 46.9 Å². The Morgan fingerprint density at radius 3 is 1.82 bits per heavy atom. The summed E-state index contributed by atoms with van der Waals surface area (Å²) < 4.78 is 38.3. The van der Waals surface area contributed by atoms with Crippen LogP contribution in [0.2, 0.25) is 0 Å². The number of carbonyl (C=O) groups is 3. The maximum Gasteiger partial charge on any atom is 0.410 e. The van der Waals surface area contributed by atoms with E-state index in [1.807, 2.05) is 18.2 Å². The number of aliphatic hydroxyl groups is 1. The molecule has 264 valence electrons. The van der Waals surface area contributed by atoms with E-state index >= 15 is 0 Å². The van der Waals surface area contributed by atoms with Gasteiger partial charge in [-0.05, 0) is 81.3 Å². The van der Waals surface area contributed by atoms with E-state index in [0.717, 1.165) is 16.7 Å². The number of nitrogens with zero attached hydrogens (tertiary/aromatic N) is 2. The molecule has 12 heteroatoms. The molecular weight excluding hydrogens is 714 g/mol. The van der Waals surface area contributed by atoms with Gasteiger partial charge in [-0.1, -0.05) is 76.1 Å². The van der Waals surface area contributed by atoms with Gasteiger partial charge >= 0.3 is 12.2 Å². The molecule has 2 fully saturated rings. The van der Waals surface area contributed by atoms with E-state index in [1.54, 1.807) is 51.1 Å². The average Bonchev–Trinajstić information content (AvgIpc) is 3.02. The first-order valence-corrected chi connectivity index (χ1v) is 16.5.